The molecule has 2 nitrogen and oxygen atoms in total. The van der Waals surface area contributed by atoms with Crippen LogP contribution in [0.5, 0.6) is 5.75 Å². The van der Waals surface area contributed by atoms with Gasteiger partial charge in [0, 0.05) is 20.9 Å². The molecule has 2 aromatic rings. The van der Waals surface area contributed by atoms with Crippen molar-refractivity contribution in [1.29, 1.82) is 0 Å². The SMILES string of the molecule is COc1cc(Br)ccc1C(O)Cc1cccc(Br)c1. The van der Waals surface area contributed by atoms with Gasteiger partial charge in [0.1, 0.15) is 5.75 Å². The number of aliphatic hydroxyl groups is 1. The van der Waals surface area contributed by atoms with Crippen LogP contribution in [0.25, 0.3) is 0 Å². The van der Waals surface area contributed by atoms with Gasteiger partial charge in [0.25, 0.3) is 0 Å². The van der Waals surface area contributed by atoms with Crippen LogP contribution in [0.3, 0.4) is 0 Å². The van der Waals surface area contributed by atoms with Gasteiger partial charge in [-0.2, -0.15) is 0 Å². The molecule has 19 heavy (non-hydrogen) atoms. The highest BCUT2D eigenvalue weighted by molar-refractivity contribution is 9.10. The Balaban J connectivity index is 2.22. The predicted octanol–water partition coefficient (Wildman–Crippen LogP) is 4.50. The minimum absolute atomic E-state index is 0.553. The summed E-state index contributed by atoms with van der Waals surface area (Å²) in [7, 11) is 1.61. The van der Waals surface area contributed by atoms with Gasteiger partial charge in [0.15, 0.2) is 0 Å². The summed E-state index contributed by atoms with van der Waals surface area (Å²) >= 11 is 6.83. The summed E-state index contributed by atoms with van der Waals surface area (Å²) in [5, 5.41) is 10.4. The van der Waals surface area contributed by atoms with Gasteiger partial charge in [-0.05, 0) is 29.8 Å². The van der Waals surface area contributed by atoms with Gasteiger partial charge in [-0.15, -0.1) is 0 Å². The summed E-state index contributed by atoms with van der Waals surface area (Å²) in [6, 6.07) is 13.6. The lowest BCUT2D eigenvalue weighted by atomic mass is 10.0. The molecule has 1 unspecified atom stereocenters. The second-order valence-corrected chi connectivity index (χ2v) is 6.07. The van der Waals surface area contributed by atoms with Crippen LogP contribution in [-0.2, 0) is 6.42 Å². The van der Waals surface area contributed by atoms with Crippen molar-refractivity contribution in [2.75, 3.05) is 7.11 Å². The highest BCUT2D eigenvalue weighted by Gasteiger charge is 2.14. The molecule has 0 amide bonds. The van der Waals surface area contributed by atoms with Gasteiger partial charge in [-0.3, -0.25) is 0 Å². The van der Waals surface area contributed by atoms with E-state index in [-0.39, 0.29) is 0 Å². The molecule has 0 fully saturated rings. The van der Waals surface area contributed by atoms with Crippen molar-refractivity contribution < 1.29 is 9.84 Å². The van der Waals surface area contributed by atoms with Crippen molar-refractivity contribution in [2.45, 2.75) is 12.5 Å². The Bertz CT molecular complexity index is 570. The normalized spacial score (nSPS) is 12.2. The third kappa shape index (κ3) is 3.81. The molecular formula is C15H14Br2O2. The maximum absolute atomic E-state index is 10.4. The Kier molecular flexibility index (Phi) is 5.02. The van der Waals surface area contributed by atoms with E-state index in [1.165, 1.54) is 0 Å². The first-order valence-corrected chi connectivity index (χ1v) is 7.44. The van der Waals surface area contributed by atoms with Gasteiger partial charge >= 0.3 is 0 Å². The number of rotatable bonds is 4. The van der Waals surface area contributed by atoms with Crippen LogP contribution in [0.1, 0.15) is 17.2 Å². The second-order valence-electron chi connectivity index (χ2n) is 4.24. The Morgan fingerprint density at radius 3 is 2.53 bits per heavy atom. The van der Waals surface area contributed by atoms with Crippen LogP contribution in [-0.4, -0.2) is 12.2 Å². The van der Waals surface area contributed by atoms with Crippen molar-refractivity contribution in [1.82, 2.24) is 0 Å². The Hall–Kier alpha value is -0.840. The number of hydrogen-bond acceptors (Lipinski definition) is 2. The fourth-order valence-corrected chi connectivity index (χ4v) is 2.74. The van der Waals surface area contributed by atoms with E-state index in [1.54, 1.807) is 7.11 Å². The van der Waals surface area contributed by atoms with Gasteiger partial charge in [-0.25, -0.2) is 0 Å². The minimum atomic E-state index is -0.586. The molecule has 2 aromatic carbocycles. The Labute approximate surface area is 129 Å². The van der Waals surface area contributed by atoms with Gasteiger partial charge < -0.3 is 9.84 Å². The average molecular weight is 386 g/mol. The van der Waals surface area contributed by atoms with Crippen LogP contribution < -0.4 is 4.74 Å². The lowest BCUT2D eigenvalue weighted by Crippen LogP contribution is -2.04. The van der Waals surface area contributed by atoms with E-state index in [0.29, 0.717) is 12.2 Å². The monoisotopic (exact) mass is 384 g/mol. The van der Waals surface area contributed by atoms with E-state index < -0.39 is 6.10 Å². The summed E-state index contributed by atoms with van der Waals surface area (Å²) in [6.07, 6.45) is -0.0328. The predicted molar refractivity (Wildman–Crippen MR) is 83.5 cm³/mol. The average Bonchev–Trinajstić information content (AvgIpc) is 2.38. The third-order valence-corrected chi connectivity index (χ3v) is 3.86. The fraction of sp³-hybridized carbons (Fsp3) is 0.200. The zero-order valence-electron chi connectivity index (χ0n) is 10.4. The van der Waals surface area contributed by atoms with Crippen molar-refractivity contribution in [2.24, 2.45) is 0 Å². The highest BCUT2D eigenvalue weighted by atomic mass is 79.9. The Morgan fingerprint density at radius 2 is 1.84 bits per heavy atom. The lowest BCUT2D eigenvalue weighted by Gasteiger charge is -2.15. The molecule has 0 radical (unpaired) electrons. The maximum atomic E-state index is 10.4. The quantitative estimate of drug-likeness (QED) is 0.839. The molecule has 0 spiro atoms. The summed E-state index contributed by atoms with van der Waals surface area (Å²) in [6.45, 7) is 0. The minimum Gasteiger partial charge on any atom is -0.496 e. The number of methoxy groups -OCH3 is 1. The molecule has 0 saturated carbocycles. The van der Waals surface area contributed by atoms with Crippen LogP contribution >= 0.6 is 31.9 Å². The van der Waals surface area contributed by atoms with Crippen LogP contribution in [0, 0.1) is 0 Å². The van der Waals surface area contributed by atoms with Crippen molar-refractivity contribution >= 4 is 31.9 Å². The molecule has 1 N–H and O–H groups in total. The van der Waals surface area contributed by atoms with Crippen molar-refractivity contribution in [3.8, 4) is 5.75 Å². The number of ether oxygens (including phenoxy) is 1. The van der Waals surface area contributed by atoms with E-state index in [9.17, 15) is 5.11 Å². The summed E-state index contributed by atoms with van der Waals surface area (Å²) in [5.74, 6) is 0.692. The largest absolute Gasteiger partial charge is 0.496 e. The molecule has 0 aliphatic carbocycles. The zero-order valence-corrected chi connectivity index (χ0v) is 13.6. The molecule has 0 aliphatic rings. The lowest BCUT2D eigenvalue weighted by molar-refractivity contribution is 0.174. The first-order valence-electron chi connectivity index (χ1n) is 5.86. The zero-order chi connectivity index (χ0) is 13.8. The van der Waals surface area contributed by atoms with Crippen molar-refractivity contribution in [3.63, 3.8) is 0 Å². The first kappa shape index (κ1) is 14.6. The number of halogens is 2. The number of aliphatic hydroxyl groups excluding tert-OH is 1. The van der Waals surface area contributed by atoms with Crippen LogP contribution in [0.4, 0.5) is 0 Å². The molecule has 0 aromatic heterocycles. The maximum Gasteiger partial charge on any atom is 0.125 e. The summed E-state index contributed by atoms with van der Waals surface area (Å²) in [4.78, 5) is 0. The molecule has 4 heteroatoms. The van der Waals surface area contributed by atoms with E-state index in [2.05, 4.69) is 31.9 Å². The van der Waals surface area contributed by atoms with Crippen LogP contribution in [0.15, 0.2) is 51.4 Å². The molecule has 2 rings (SSSR count). The first-order chi connectivity index (χ1) is 9.10. The summed E-state index contributed by atoms with van der Waals surface area (Å²) < 4.78 is 7.26. The van der Waals surface area contributed by atoms with Crippen molar-refractivity contribution in [3.05, 3.63) is 62.5 Å². The molecular weight excluding hydrogens is 372 g/mol. The molecule has 0 saturated heterocycles. The van der Waals surface area contributed by atoms with Gasteiger partial charge in [0.2, 0.25) is 0 Å². The number of benzene rings is 2. The van der Waals surface area contributed by atoms with E-state index in [0.717, 1.165) is 20.1 Å². The molecule has 0 heterocycles. The second kappa shape index (κ2) is 6.55. The standard InChI is InChI=1S/C15H14Br2O2/c1-19-15-9-12(17)5-6-13(15)14(18)8-10-3-2-4-11(16)7-10/h2-7,9,14,18H,8H2,1H3. The molecule has 0 aliphatic heterocycles. The molecule has 0 bridgehead atoms. The molecule has 1 atom stereocenters. The van der Waals surface area contributed by atoms with E-state index in [1.807, 2.05) is 42.5 Å². The molecule has 100 valence electrons. The third-order valence-electron chi connectivity index (χ3n) is 2.87. The number of hydrogen-bond donors (Lipinski definition) is 1. The van der Waals surface area contributed by atoms with Gasteiger partial charge in [-0.1, -0.05) is 50.1 Å². The Morgan fingerprint density at radius 1 is 1.11 bits per heavy atom. The summed E-state index contributed by atoms with van der Waals surface area (Å²) in [5.41, 5.74) is 1.87. The van der Waals surface area contributed by atoms with E-state index >= 15 is 0 Å². The fourth-order valence-electron chi connectivity index (χ4n) is 1.96. The smallest absolute Gasteiger partial charge is 0.125 e. The highest BCUT2D eigenvalue weighted by Crippen LogP contribution is 2.30. The van der Waals surface area contributed by atoms with Gasteiger partial charge in [0.05, 0.1) is 13.2 Å². The van der Waals surface area contributed by atoms with E-state index in [4.69, 9.17) is 4.74 Å². The topological polar surface area (TPSA) is 29.5 Å². The van der Waals surface area contributed by atoms with Crippen LogP contribution in [0.2, 0.25) is 0 Å².